The van der Waals surface area contributed by atoms with Crippen molar-refractivity contribution in [2.45, 2.75) is 19.3 Å². The number of hydrogen-bond acceptors (Lipinski definition) is 2. The highest BCUT2D eigenvalue weighted by Crippen LogP contribution is 2.35. The molecule has 27 heavy (non-hydrogen) atoms. The van der Waals surface area contributed by atoms with Gasteiger partial charge in [-0.2, -0.15) is 26.3 Å². The SMILES string of the molecule is Cc1cnc(-c2ccc(C(F)(F)F)cc2)c(-c2ccc(C(F)(F)F)cc2)n1. The lowest BCUT2D eigenvalue weighted by atomic mass is 10.0. The van der Waals surface area contributed by atoms with Crippen LogP contribution in [0.1, 0.15) is 16.8 Å². The van der Waals surface area contributed by atoms with E-state index < -0.39 is 23.5 Å². The Hall–Kier alpha value is -2.90. The van der Waals surface area contributed by atoms with E-state index in [9.17, 15) is 26.3 Å². The summed E-state index contributed by atoms with van der Waals surface area (Å²) in [7, 11) is 0. The average molecular weight is 382 g/mol. The van der Waals surface area contributed by atoms with E-state index in [4.69, 9.17) is 0 Å². The molecule has 0 aliphatic rings. The minimum atomic E-state index is -4.47. The number of aromatic nitrogens is 2. The maximum atomic E-state index is 12.7. The summed E-state index contributed by atoms with van der Waals surface area (Å²) in [5, 5.41) is 0. The van der Waals surface area contributed by atoms with Crippen LogP contribution >= 0.6 is 0 Å². The molecule has 140 valence electrons. The number of nitrogens with zero attached hydrogens (tertiary/aromatic N) is 2. The van der Waals surface area contributed by atoms with Crippen LogP contribution in [-0.2, 0) is 12.4 Å². The van der Waals surface area contributed by atoms with E-state index in [1.807, 2.05) is 0 Å². The molecule has 0 saturated carbocycles. The van der Waals surface area contributed by atoms with Crippen molar-refractivity contribution in [2.24, 2.45) is 0 Å². The summed E-state index contributed by atoms with van der Waals surface area (Å²) in [5.41, 5.74) is 0.267. The van der Waals surface area contributed by atoms with E-state index in [-0.39, 0.29) is 5.69 Å². The molecule has 3 aromatic rings. The average Bonchev–Trinajstić information content (AvgIpc) is 2.60. The summed E-state index contributed by atoms with van der Waals surface area (Å²) in [6.07, 6.45) is -7.48. The Balaban J connectivity index is 2.06. The zero-order valence-corrected chi connectivity index (χ0v) is 13.9. The predicted molar refractivity (Wildman–Crippen MR) is 87.6 cm³/mol. The lowest BCUT2D eigenvalue weighted by molar-refractivity contribution is -0.138. The second-order valence-electron chi connectivity index (χ2n) is 5.86. The number of aryl methyl sites for hydroxylation is 1. The van der Waals surface area contributed by atoms with Gasteiger partial charge in [0.1, 0.15) is 0 Å². The fraction of sp³-hybridized carbons (Fsp3) is 0.158. The molecule has 0 amide bonds. The first kappa shape index (κ1) is 18.9. The van der Waals surface area contributed by atoms with E-state index in [0.717, 1.165) is 24.3 Å². The molecule has 0 saturated heterocycles. The van der Waals surface area contributed by atoms with Crippen molar-refractivity contribution in [1.29, 1.82) is 0 Å². The molecule has 0 radical (unpaired) electrons. The Labute approximate surface area is 150 Å². The van der Waals surface area contributed by atoms with E-state index in [1.54, 1.807) is 6.92 Å². The van der Waals surface area contributed by atoms with E-state index in [1.165, 1.54) is 30.5 Å². The van der Waals surface area contributed by atoms with Gasteiger partial charge in [0.2, 0.25) is 0 Å². The molecule has 0 aliphatic heterocycles. The van der Waals surface area contributed by atoms with Gasteiger partial charge in [-0.1, -0.05) is 24.3 Å². The fourth-order valence-corrected chi connectivity index (χ4v) is 2.52. The lowest BCUT2D eigenvalue weighted by Gasteiger charge is -2.12. The van der Waals surface area contributed by atoms with Crippen LogP contribution in [0.2, 0.25) is 0 Å². The Bertz CT molecular complexity index is 942. The molecule has 8 heteroatoms. The Morgan fingerprint density at radius 1 is 0.630 bits per heavy atom. The Morgan fingerprint density at radius 2 is 1.04 bits per heavy atom. The Kier molecular flexibility index (Phi) is 4.67. The van der Waals surface area contributed by atoms with Gasteiger partial charge >= 0.3 is 12.4 Å². The van der Waals surface area contributed by atoms with Gasteiger partial charge in [0.05, 0.1) is 28.2 Å². The number of hydrogen-bond donors (Lipinski definition) is 0. The molecule has 2 aromatic carbocycles. The Morgan fingerprint density at radius 3 is 1.44 bits per heavy atom. The van der Waals surface area contributed by atoms with Gasteiger partial charge in [-0.15, -0.1) is 0 Å². The summed E-state index contributed by atoms with van der Waals surface area (Å²) in [6.45, 7) is 1.66. The van der Waals surface area contributed by atoms with Gasteiger partial charge in [0, 0.05) is 17.3 Å². The third-order valence-electron chi connectivity index (χ3n) is 3.86. The van der Waals surface area contributed by atoms with E-state index >= 15 is 0 Å². The molecule has 1 aromatic heterocycles. The van der Waals surface area contributed by atoms with Crippen molar-refractivity contribution in [2.75, 3.05) is 0 Å². The molecule has 0 bridgehead atoms. The molecular formula is C19H12F6N2. The maximum Gasteiger partial charge on any atom is 0.416 e. The van der Waals surface area contributed by atoms with Gasteiger partial charge in [-0.05, 0) is 31.2 Å². The monoisotopic (exact) mass is 382 g/mol. The van der Waals surface area contributed by atoms with Crippen molar-refractivity contribution in [1.82, 2.24) is 9.97 Å². The second-order valence-corrected chi connectivity index (χ2v) is 5.86. The van der Waals surface area contributed by atoms with Crippen molar-refractivity contribution in [3.8, 4) is 22.5 Å². The van der Waals surface area contributed by atoms with Crippen LogP contribution < -0.4 is 0 Å². The molecule has 0 aliphatic carbocycles. The van der Waals surface area contributed by atoms with Crippen LogP contribution in [0.3, 0.4) is 0 Å². The molecule has 3 rings (SSSR count). The van der Waals surface area contributed by atoms with Crippen LogP contribution in [0.25, 0.3) is 22.5 Å². The molecular weight excluding hydrogens is 370 g/mol. The molecule has 0 unspecified atom stereocenters. The first-order chi connectivity index (χ1) is 12.6. The predicted octanol–water partition coefficient (Wildman–Crippen LogP) is 6.16. The van der Waals surface area contributed by atoms with Crippen molar-refractivity contribution in [3.63, 3.8) is 0 Å². The zero-order chi connectivity index (χ0) is 19.8. The van der Waals surface area contributed by atoms with Gasteiger partial charge in [-0.3, -0.25) is 4.98 Å². The third kappa shape index (κ3) is 4.10. The summed E-state index contributed by atoms with van der Waals surface area (Å²) in [5.74, 6) is 0. The van der Waals surface area contributed by atoms with Gasteiger partial charge in [0.15, 0.2) is 0 Å². The van der Waals surface area contributed by atoms with Gasteiger partial charge < -0.3 is 0 Å². The largest absolute Gasteiger partial charge is 0.416 e. The minimum absolute atomic E-state index is 0.286. The maximum absolute atomic E-state index is 12.7. The highest BCUT2D eigenvalue weighted by Gasteiger charge is 2.31. The first-order valence-corrected chi connectivity index (χ1v) is 7.74. The fourth-order valence-electron chi connectivity index (χ4n) is 2.52. The van der Waals surface area contributed by atoms with Crippen molar-refractivity contribution < 1.29 is 26.3 Å². The second kappa shape index (κ2) is 6.68. The number of alkyl halides is 6. The molecule has 0 spiro atoms. The number of halogens is 6. The molecule has 0 fully saturated rings. The zero-order valence-electron chi connectivity index (χ0n) is 13.9. The summed E-state index contributed by atoms with van der Waals surface area (Å²) in [4.78, 5) is 8.54. The van der Waals surface area contributed by atoms with Crippen LogP contribution in [0, 0.1) is 6.92 Å². The molecule has 1 heterocycles. The topological polar surface area (TPSA) is 25.8 Å². The van der Waals surface area contributed by atoms with Crippen molar-refractivity contribution in [3.05, 3.63) is 71.5 Å². The molecule has 0 atom stereocenters. The van der Waals surface area contributed by atoms with E-state index in [2.05, 4.69) is 9.97 Å². The summed E-state index contributed by atoms with van der Waals surface area (Å²) in [6, 6.07) is 8.75. The quantitative estimate of drug-likeness (QED) is 0.497. The van der Waals surface area contributed by atoms with E-state index in [0.29, 0.717) is 22.5 Å². The number of rotatable bonds is 2. The van der Waals surface area contributed by atoms with Crippen molar-refractivity contribution >= 4 is 0 Å². The summed E-state index contributed by atoms with van der Waals surface area (Å²) >= 11 is 0. The molecule has 2 nitrogen and oxygen atoms in total. The van der Waals surface area contributed by atoms with Gasteiger partial charge in [-0.25, -0.2) is 4.98 Å². The molecule has 0 N–H and O–H groups in total. The van der Waals surface area contributed by atoms with Crippen LogP contribution in [0.4, 0.5) is 26.3 Å². The van der Waals surface area contributed by atoms with Crippen LogP contribution in [-0.4, -0.2) is 9.97 Å². The first-order valence-electron chi connectivity index (χ1n) is 7.74. The van der Waals surface area contributed by atoms with Gasteiger partial charge in [0.25, 0.3) is 0 Å². The highest BCUT2D eigenvalue weighted by molar-refractivity contribution is 5.78. The van der Waals surface area contributed by atoms with Crippen LogP contribution in [0.15, 0.2) is 54.7 Å². The highest BCUT2D eigenvalue weighted by atomic mass is 19.4. The summed E-state index contributed by atoms with van der Waals surface area (Å²) < 4.78 is 76.4. The van der Waals surface area contributed by atoms with Crippen LogP contribution in [0.5, 0.6) is 0 Å². The smallest absolute Gasteiger partial charge is 0.252 e. The third-order valence-corrected chi connectivity index (χ3v) is 3.86. The lowest BCUT2D eigenvalue weighted by Crippen LogP contribution is -2.05. The number of benzene rings is 2. The standard InChI is InChI=1S/C19H12F6N2/c1-11-10-26-16(12-2-6-14(7-3-12)18(20,21)22)17(27-11)13-4-8-15(9-5-13)19(23,24)25/h2-10H,1H3. The minimum Gasteiger partial charge on any atom is -0.252 e. The normalized spacial score (nSPS) is 12.3.